The number of hydrogen-bond donors (Lipinski definition) is 1. The molecule has 0 aliphatic heterocycles. The van der Waals surface area contributed by atoms with Crippen LogP contribution in [-0.2, 0) is 6.42 Å². The molecule has 7 heteroatoms. The van der Waals surface area contributed by atoms with Crippen molar-refractivity contribution in [3.63, 3.8) is 0 Å². The number of carbonyl (C=O) groups is 1. The van der Waals surface area contributed by atoms with Gasteiger partial charge in [0.2, 0.25) is 0 Å². The number of nitrogens with zero attached hydrogens (tertiary/aromatic N) is 3. The number of rotatable bonds is 7. The Morgan fingerprint density at radius 1 is 1.13 bits per heavy atom. The first-order chi connectivity index (χ1) is 15.0. The zero-order chi connectivity index (χ0) is 21.8. The summed E-state index contributed by atoms with van der Waals surface area (Å²) in [5.74, 6) is 2.93. The third-order valence-corrected chi connectivity index (χ3v) is 6.62. The van der Waals surface area contributed by atoms with E-state index in [-0.39, 0.29) is 11.9 Å². The molecule has 0 radical (unpaired) electrons. The monoisotopic (exact) mass is 532 g/mol. The lowest BCUT2D eigenvalue weighted by atomic mass is 9.83. The van der Waals surface area contributed by atoms with Crippen LogP contribution in [-0.4, -0.2) is 36.0 Å². The molecule has 1 aliphatic rings. The maximum absolute atomic E-state index is 12.3. The van der Waals surface area contributed by atoms with Crippen LogP contribution in [0.3, 0.4) is 0 Å². The van der Waals surface area contributed by atoms with E-state index in [1.54, 1.807) is 6.07 Å². The Hall–Kier alpha value is -2.16. The molecule has 1 amide bonds. The van der Waals surface area contributed by atoms with Crippen LogP contribution in [0.5, 0.6) is 0 Å². The van der Waals surface area contributed by atoms with Crippen molar-refractivity contribution in [1.82, 2.24) is 15.3 Å². The second kappa shape index (κ2) is 9.97. The number of carbonyl (C=O) groups excluding carboxylic acids is 1. The van der Waals surface area contributed by atoms with Crippen molar-refractivity contribution >= 4 is 45.2 Å². The van der Waals surface area contributed by atoms with Crippen molar-refractivity contribution in [3.8, 4) is 0 Å². The summed E-state index contributed by atoms with van der Waals surface area (Å²) >= 11 is 2.08. The molecule has 0 bridgehead atoms. The summed E-state index contributed by atoms with van der Waals surface area (Å²) in [6, 6.07) is 12.0. The minimum atomic E-state index is -0.100. The van der Waals surface area contributed by atoms with E-state index in [0.717, 1.165) is 64.8 Å². The number of aromatic nitrogens is 2. The van der Waals surface area contributed by atoms with Crippen molar-refractivity contribution in [3.05, 3.63) is 51.7 Å². The molecule has 0 spiro atoms. The molecular formula is C24H29IN4O2. The van der Waals surface area contributed by atoms with Gasteiger partial charge >= 0.3 is 0 Å². The smallest absolute Gasteiger partial charge is 0.287 e. The molecule has 0 unspecified atom stereocenters. The molecule has 6 nitrogen and oxygen atoms in total. The number of benzene rings is 1. The van der Waals surface area contributed by atoms with Crippen LogP contribution in [0.1, 0.15) is 54.9 Å². The Morgan fingerprint density at radius 3 is 2.61 bits per heavy atom. The molecular weight excluding hydrogens is 503 g/mol. The summed E-state index contributed by atoms with van der Waals surface area (Å²) in [6.45, 7) is 0. The van der Waals surface area contributed by atoms with Gasteiger partial charge in [0.25, 0.3) is 5.91 Å². The number of anilines is 1. The van der Waals surface area contributed by atoms with Crippen LogP contribution in [0.25, 0.3) is 10.9 Å². The molecule has 31 heavy (non-hydrogen) atoms. The molecule has 1 N–H and O–H groups in total. The minimum absolute atomic E-state index is 0.100. The number of fused-ring (bicyclic) bond motifs is 1. The molecule has 4 rings (SSSR count). The first-order valence-electron chi connectivity index (χ1n) is 11.0. The van der Waals surface area contributed by atoms with Gasteiger partial charge in [-0.25, -0.2) is 9.97 Å². The molecule has 2 aromatic heterocycles. The second-order valence-electron chi connectivity index (χ2n) is 8.56. The lowest BCUT2D eigenvalue weighted by Crippen LogP contribution is -2.37. The minimum Gasteiger partial charge on any atom is -0.445 e. The van der Waals surface area contributed by atoms with E-state index >= 15 is 0 Å². The normalized spacial score (nSPS) is 18.8. The maximum Gasteiger partial charge on any atom is 0.287 e. The molecule has 0 atom stereocenters. The van der Waals surface area contributed by atoms with Crippen LogP contribution < -0.4 is 10.2 Å². The predicted molar refractivity (Wildman–Crippen MR) is 131 cm³/mol. The van der Waals surface area contributed by atoms with Crippen molar-refractivity contribution < 1.29 is 9.21 Å². The summed E-state index contributed by atoms with van der Waals surface area (Å²) in [7, 11) is 4.06. The van der Waals surface area contributed by atoms with Crippen LogP contribution in [0.15, 0.2) is 40.8 Å². The number of furan rings is 1. The highest BCUT2D eigenvalue weighted by atomic mass is 127. The third kappa shape index (κ3) is 5.56. The number of hydrogen-bond acceptors (Lipinski definition) is 5. The number of nitrogens with one attached hydrogen (secondary N) is 1. The zero-order valence-corrected chi connectivity index (χ0v) is 20.3. The highest BCUT2D eigenvalue weighted by Crippen LogP contribution is 2.29. The van der Waals surface area contributed by atoms with Gasteiger partial charge in [0.1, 0.15) is 11.6 Å². The summed E-state index contributed by atoms with van der Waals surface area (Å²) < 4.78 is 6.15. The SMILES string of the molecule is CN(C)c1nc(CCCC2CCC(NC(=O)c3ccc(I)o3)CC2)nc2ccccc12. The van der Waals surface area contributed by atoms with Gasteiger partial charge in [0.05, 0.1) is 5.52 Å². The first kappa shape index (κ1) is 22.0. The summed E-state index contributed by atoms with van der Waals surface area (Å²) in [6.07, 6.45) is 7.56. The Kier molecular flexibility index (Phi) is 7.09. The molecule has 0 saturated heterocycles. The average Bonchev–Trinajstić information content (AvgIpc) is 3.21. The Labute approximate surface area is 197 Å². The Morgan fingerprint density at radius 2 is 1.90 bits per heavy atom. The van der Waals surface area contributed by atoms with E-state index < -0.39 is 0 Å². The number of amides is 1. The largest absolute Gasteiger partial charge is 0.445 e. The first-order valence-corrected chi connectivity index (χ1v) is 12.1. The predicted octanol–water partition coefficient (Wildman–Crippen LogP) is 5.20. The summed E-state index contributed by atoms with van der Waals surface area (Å²) in [4.78, 5) is 23.9. The number of halogens is 1. The van der Waals surface area contributed by atoms with Crippen LogP contribution in [0, 0.1) is 9.68 Å². The number of aryl methyl sites for hydroxylation is 1. The van der Waals surface area contributed by atoms with Crippen LogP contribution in [0.2, 0.25) is 0 Å². The molecule has 2 heterocycles. The lowest BCUT2D eigenvalue weighted by Gasteiger charge is -2.28. The molecule has 1 aliphatic carbocycles. The molecule has 1 saturated carbocycles. The van der Waals surface area contributed by atoms with Crippen LogP contribution >= 0.6 is 22.6 Å². The van der Waals surface area contributed by atoms with Gasteiger partial charge in [-0.05, 0) is 84.9 Å². The average molecular weight is 532 g/mol. The standard InChI is InChI=1S/C24H29IN4O2/c1-29(2)23-18-7-3-4-8-19(18)27-22(28-23)9-5-6-16-10-12-17(13-11-16)26-24(30)20-14-15-21(25)31-20/h3-4,7-8,14-17H,5-6,9-13H2,1-2H3,(H,26,30). The third-order valence-electron chi connectivity index (χ3n) is 6.04. The highest BCUT2D eigenvalue weighted by Gasteiger charge is 2.23. The van der Waals surface area contributed by atoms with E-state index in [4.69, 9.17) is 14.4 Å². The second-order valence-corrected chi connectivity index (χ2v) is 9.63. The fraction of sp³-hybridized carbons (Fsp3) is 0.458. The van der Waals surface area contributed by atoms with Gasteiger partial charge < -0.3 is 14.6 Å². The highest BCUT2D eigenvalue weighted by molar-refractivity contribution is 14.1. The van der Waals surface area contributed by atoms with Crippen molar-refractivity contribution in [1.29, 1.82) is 0 Å². The zero-order valence-electron chi connectivity index (χ0n) is 18.1. The van der Waals surface area contributed by atoms with Crippen molar-refractivity contribution in [2.75, 3.05) is 19.0 Å². The molecule has 164 valence electrons. The molecule has 1 aromatic carbocycles. The van der Waals surface area contributed by atoms with Gasteiger partial charge in [-0.3, -0.25) is 4.79 Å². The quantitative estimate of drug-likeness (QED) is 0.424. The number of para-hydroxylation sites is 1. The van der Waals surface area contributed by atoms with E-state index in [1.165, 1.54) is 6.42 Å². The van der Waals surface area contributed by atoms with Gasteiger partial charge in [-0.1, -0.05) is 18.6 Å². The van der Waals surface area contributed by atoms with Crippen molar-refractivity contribution in [2.24, 2.45) is 5.92 Å². The topological polar surface area (TPSA) is 71.3 Å². The van der Waals surface area contributed by atoms with Gasteiger partial charge in [0, 0.05) is 31.9 Å². The van der Waals surface area contributed by atoms with Gasteiger partial charge in [-0.15, -0.1) is 0 Å². The molecule has 1 fully saturated rings. The molecule has 3 aromatic rings. The van der Waals surface area contributed by atoms with E-state index in [9.17, 15) is 4.79 Å². The van der Waals surface area contributed by atoms with Gasteiger partial charge in [0.15, 0.2) is 9.53 Å². The van der Waals surface area contributed by atoms with Crippen LogP contribution in [0.4, 0.5) is 5.82 Å². The Bertz CT molecular complexity index is 1040. The lowest BCUT2D eigenvalue weighted by molar-refractivity contribution is 0.0891. The van der Waals surface area contributed by atoms with Gasteiger partial charge in [-0.2, -0.15) is 0 Å². The van der Waals surface area contributed by atoms with E-state index in [1.807, 2.05) is 32.3 Å². The van der Waals surface area contributed by atoms with E-state index in [2.05, 4.69) is 44.9 Å². The summed E-state index contributed by atoms with van der Waals surface area (Å²) in [5, 5.41) is 4.22. The fourth-order valence-electron chi connectivity index (χ4n) is 4.40. The summed E-state index contributed by atoms with van der Waals surface area (Å²) in [5.41, 5.74) is 1.01. The Balaban J connectivity index is 1.25. The maximum atomic E-state index is 12.3. The fourth-order valence-corrected chi connectivity index (χ4v) is 4.81. The van der Waals surface area contributed by atoms with E-state index in [0.29, 0.717) is 11.7 Å². The van der Waals surface area contributed by atoms with Crippen molar-refractivity contribution in [2.45, 2.75) is 51.0 Å².